The van der Waals surface area contributed by atoms with E-state index in [1.165, 1.54) is 0 Å². The molecule has 1 N–H and O–H groups in total. The minimum absolute atomic E-state index is 0.251. The summed E-state index contributed by atoms with van der Waals surface area (Å²) in [6.07, 6.45) is 1.81. The first-order valence-corrected chi connectivity index (χ1v) is 9.97. The number of methoxy groups -OCH3 is 1. The number of ether oxygens (including phenoxy) is 1. The monoisotopic (exact) mass is 421 g/mol. The lowest BCUT2D eigenvalue weighted by Crippen LogP contribution is -2.11. The van der Waals surface area contributed by atoms with Crippen LogP contribution in [-0.2, 0) is 0 Å². The zero-order valence-corrected chi connectivity index (χ0v) is 17.0. The van der Waals surface area contributed by atoms with Crippen LogP contribution in [0.5, 0.6) is 5.75 Å². The van der Waals surface area contributed by atoms with Crippen molar-refractivity contribution < 1.29 is 9.53 Å². The van der Waals surface area contributed by atoms with E-state index in [1.54, 1.807) is 7.11 Å². The molecule has 0 aliphatic carbocycles. The Kier molecular flexibility index (Phi) is 5.55. The molecule has 0 saturated carbocycles. The molecule has 29 heavy (non-hydrogen) atoms. The molecule has 0 aliphatic heterocycles. The van der Waals surface area contributed by atoms with Gasteiger partial charge in [-0.3, -0.25) is 4.79 Å². The molecule has 0 aliphatic rings. The zero-order valence-electron chi connectivity index (χ0n) is 15.4. The van der Waals surface area contributed by atoms with Gasteiger partial charge in [0.2, 0.25) is 5.01 Å². The number of nitrogens with zero attached hydrogens (tertiary/aromatic N) is 2. The van der Waals surface area contributed by atoms with Gasteiger partial charge in [0.25, 0.3) is 5.91 Å². The summed E-state index contributed by atoms with van der Waals surface area (Å²) < 4.78 is 5.25. The first-order chi connectivity index (χ1) is 14.1. The Balaban J connectivity index is 1.53. The lowest BCUT2D eigenvalue weighted by molar-refractivity contribution is 0.102. The normalized spacial score (nSPS) is 11.4. The molecule has 0 saturated heterocycles. The molecule has 7 heteroatoms. The van der Waals surface area contributed by atoms with E-state index >= 15 is 0 Å². The topological polar surface area (TPSA) is 64.1 Å². The molecule has 5 nitrogen and oxygen atoms in total. The van der Waals surface area contributed by atoms with Crippen molar-refractivity contribution >= 4 is 56.4 Å². The van der Waals surface area contributed by atoms with Crippen LogP contribution in [0.2, 0.25) is 0 Å². The predicted octanol–water partition coefficient (Wildman–Crippen LogP) is 5.69. The number of nitrogens with one attached hydrogen (secondary N) is 1. The van der Waals surface area contributed by atoms with E-state index in [1.807, 2.05) is 72.8 Å². The van der Waals surface area contributed by atoms with Crippen LogP contribution < -0.4 is 10.1 Å². The molecular weight excluding hydrogens is 406 g/mol. The van der Waals surface area contributed by atoms with Gasteiger partial charge in [-0.15, -0.1) is 10.2 Å². The molecule has 0 radical (unpaired) electrons. The Hall–Kier alpha value is -3.22. The number of hydrogen-bond donors (Lipinski definition) is 1. The smallest absolute Gasteiger partial charge is 0.286 e. The number of halogens is 1. The van der Waals surface area contributed by atoms with Gasteiger partial charge >= 0.3 is 0 Å². The Morgan fingerprint density at radius 1 is 1.00 bits per heavy atom. The van der Waals surface area contributed by atoms with Crippen LogP contribution >= 0.6 is 22.9 Å². The number of amides is 1. The molecule has 3 aromatic carbocycles. The van der Waals surface area contributed by atoms with Crippen LogP contribution in [0.25, 0.3) is 21.9 Å². The van der Waals surface area contributed by atoms with Crippen molar-refractivity contribution in [3.63, 3.8) is 0 Å². The largest absolute Gasteiger partial charge is 0.497 e. The van der Waals surface area contributed by atoms with Crippen molar-refractivity contribution in [1.82, 2.24) is 10.2 Å². The van der Waals surface area contributed by atoms with E-state index in [-0.39, 0.29) is 10.9 Å². The number of rotatable bonds is 5. The molecule has 0 unspecified atom stereocenters. The van der Waals surface area contributed by atoms with Crippen molar-refractivity contribution in [3.05, 3.63) is 82.3 Å². The highest BCUT2D eigenvalue weighted by atomic mass is 35.5. The van der Waals surface area contributed by atoms with E-state index in [0.717, 1.165) is 33.4 Å². The summed E-state index contributed by atoms with van der Waals surface area (Å²) in [7, 11) is 1.65. The highest BCUT2D eigenvalue weighted by molar-refractivity contribution is 7.15. The number of anilines is 1. The average Bonchev–Trinajstić information content (AvgIpc) is 3.25. The predicted molar refractivity (Wildman–Crippen MR) is 119 cm³/mol. The lowest BCUT2D eigenvalue weighted by Gasteiger charge is -2.03. The minimum Gasteiger partial charge on any atom is -0.497 e. The van der Waals surface area contributed by atoms with Crippen molar-refractivity contribution in [2.45, 2.75) is 0 Å². The van der Waals surface area contributed by atoms with E-state index in [9.17, 15) is 4.79 Å². The maximum atomic E-state index is 12.3. The molecule has 4 rings (SSSR count). The molecule has 4 aromatic rings. The van der Waals surface area contributed by atoms with Crippen molar-refractivity contribution in [1.29, 1.82) is 0 Å². The van der Waals surface area contributed by atoms with Gasteiger partial charge in [0, 0.05) is 5.69 Å². The zero-order chi connectivity index (χ0) is 20.2. The molecule has 0 atom stereocenters. The number of carbonyl (C=O) groups excluding carboxylic acids is 1. The van der Waals surface area contributed by atoms with E-state index < -0.39 is 0 Å². The second-order valence-corrected chi connectivity index (χ2v) is 7.58. The van der Waals surface area contributed by atoms with Crippen LogP contribution in [0.15, 0.2) is 66.7 Å². The third kappa shape index (κ3) is 4.45. The molecule has 0 spiro atoms. The number of aromatic nitrogens is 2. The summed E-state index contributed by atoms with van der Waals surface area (Å²) in [5.74, 6) is 0.498. The number of benzene rings is 3. The summed E-state index contributed by atoms with van der Waals surface area (Å²) in [6.45, 7) is 0. The van der Waals surface area contributed by atoms with Gasteiger partial charge in [-0.25, -0.2) is 0 Å². The third-order valence-corrected chi connectivity index (χ3v) is 5.58. The number of para-hydroxylation sites is 1. The summed E-state index contributed by atoms with van der Waals surface area (Å²) >= 11 is 7.58. The maximum Gasteiger partial charge on any atom is 0.286 e. The number of hydrogen-bond acceptors (Lipinski definition) is 5. The Bertz CT molecular complexity index is 1210. The molecule has 1 amide bonds. The van der Waals surface area contributed by atoms with Crippen LogP contribution in [0.3, 0.4) is 0 Å². The fourth-order valence-corrected chi connectivity index (χ4v) is 3.71. The van der Waals surface area contributed by atoms with Gasteiger partial charge in [0.05, 0.1) is 12.1 Å². The Morgan fingerprint density at radius 2 is 1.72 bits per heavy atom. The first kappa shape index (κ1) is 19.1. The van der Waals surface area contributed by atoms with Crippen LogP contribution in [-0.4, -0.2) is 23.2 Å². The van der Waals surface area contributed by atoms with Crippen molar-refractivity contribution in [3.8, 4) is 5.75 Å². The van der Waals surface area contributed by atoms with Crippen LogP contribution in [0.4, 0.5) is 5.69 Å². The molecular formula is C22H16ClN3O2S. The van der Waals surface area contributed by atoms with Gasteiger partial charge < -0.3 is 10.1 Å². The average molecular weight is 422 g/mol. The van der Waals surface area contributed by atoms with E-state index in [4.69, 9.17) is 16.3 Å². The third-order valence-electron chi connectivity index (χ3n) is 4.22. The maximum absolute atomic E-state index is 12.3. The van der Waals surface area contributed by atoms with Crippen molar-refractivity contribution in [2.24, 2.45) is 0 Å². The fraction of sp³-hybridized carbons (Fsp3) is 0.0455. The van der Waals surface area contributed by atoms with Gasteiger partial charge in [-0.1, -0.05) is 59.3 Å². The second kappa shape index (κ2) is 8.43. The number of carbonyl (C=O) groups is 1. The molecule has 144 valence electrons. The second-order valence-electron chi connectivity index (χ2n) is 6.20. The minimum atomic E-state index is -0.316. The molecule has 0 fully saturated rings. The Morgan fingerprint density at radius 3 is 2.52 bits per heavy atom. The molecule has 1 heterocycles. The van der Waals surface area contributed by atoms with Gasteiger partial charge in [0.15, 0.2) is 5.01 Å². The Labute approximate surface area is 176 Å². The van der Waals surface area contributed by atoms with Gasteiger partial charge in [0.1, 0.15) is 5.75 Å². The van der Waals surface area contributed by atoms with Crippen molar-refractivity contribution in [2.75, 3.05) is 12.4 Å². The summed E-state index contributed by atoms with van der Waals surface area (Å²) in [6, 6.07) is 21.1. The fourth-order valence-electron chi connectivity index (χ4n) is 2.78. The summed E-state index contributed by atoms with van der Waals surface area (Å²) in [5, 5.41) is 14.1. The van der Waals surface area contributed by atoms with Crippen LogP contribution in [0, 0.1) is 0 Å². The van der Waals surface area contributed by atoms with E-state index in [2.05, 4.69) is 15.5 Å². The quantitative estimate of drug-likeness (QED) is 0.449. The van der Waals surface area contributed by atoms with E-state index in [0.29, 0.717) is 15.7 Å². The first-order valence-electron chi connectivity index (χ1n) is 8.78. The highest BCUT2D eigenvalue weighted by Gasteiger charge is 2.14. The van der Waals surface area contributed by atoms with Gasteiger partial charge in [-0.05, 0) is 52.7 Å². The van der Waals surface area contributed by atoms with Gasteiger partial charge in [-0.2, -0.15) is 0 Å². The van der Waals surface area contributed by atoms with Crippen LogP contribution in [0.1, 0.15) is 20.4 Å². The highest BCUT2D eigenvalue weighted by Crippen LogP contribution is 2.28. The molecule has 1 aromatic heterocycles. The summed E-state index contributed by atoms with van der Waals surface area (Å²) in [5.41, 5.74) is 1.63. The molecule has 0 bridgehead atoms. The lowest BCUT2D eigenvalue weighted by atomic mass is 10.1. The number of fused-ring (bicyclic) bond motifs is 1. The summed E-state index contributed by atoms with van der Waals surface area (Å²) in [4.78, 5) is 12.3. The standard InChI is InChI=1S/C22H16ClN3O2S/c1-28-18-10-9-15-11-14(7-8-16(15)13-18)12-19(23)21-25-26-22(29-21)20(27)24-17-5-3-2-4-6-17/h2-13H,1H3,(H,24,27)/b19-12-. The SMILES string of the molecule is COc1ccc2cc(/C=C(\Cl)c3nnc(C(=O)Nc4ccccc4)s3)ccc2c1.